The molecule has 29 heavy (non-hydrogen) atoms. The minimum absolute atomic E-state index is 0. The van der Waals surface area contributed by atoms with Gasteiger partial charge in [0.05, 0.1) is 12.2 Å². The standard InChI is InChI=1S/C21H16NO5P.CH4/c1-4-6-7-8-9-12-15-21(5-2)16-13-10-11-14-18-26-28(24,25)27-19-17-22-20(3)23;/h1,5,17,19H2,2-3H3,(H,22,23)(H,24,25);1H4/p-1. The van der Waals surface area contributed by atoms with E-state index in [1.807, 2.05) is 13.0 Å². The van der Waals surface area contributed by atoms with Crippen LogP contribution in [0.4, 0.5) is 0 Å². The number of allylic oxidation sites excluding steroid dienone is 1. The number of rotatable bonds is 6. The van der Waals surface area contributed by atoms with Gasteiger partial charge in [0.15, 0.2) is 0 Å². The van der Waals surface area contributed by atoms with E-state index in [1.165, 1.54) is 6.92 Å². The SMILES string of the molecule is C.C=C=C=C=C=C=C=C=C(C#CC#CC#COP(=O)([O-])OCCNC(C)=O)CC. The molecule has 0 aromatic heterocycles. The van der Waals surface area contributed by atoms with Crippen LogP contribution < -0.4 is 10.2 Å². The number of carbonyl (C=O) groups is 1. The van der Waals surface area contributed by atoms with Crippen molar-refractivity contribution in [3.05, 3.63) is 52.3 Å². The Morgan fingerprint density at radius 3 is 2.41 bits per heavy atom. The summed E-state index contributed by atoms with van der Waals surface area (Å²) in [6.07, 6.45) is 2.48. The molecule has 0 bridgehead atoms. The second-order valence-electron chi connectivity index (χ2n) is 4.34. The van der Waals surface area contributed by atoms with Gasteiger partial charge < -0.3 is 19.3 Å². The van der Waals surface area contributed by atoms with Gasteiger partial charge in [0, 0.05) is 25.3 Å². The molecule has 1 N–H and O–H groups in total. The van der Waals surface area contributed by atoms with Gasteiger partial charge in [0.25, 0.3) is 0 Å². The maximum Gasteiger partial charge on any atom is 0.328 e. The van der Waals surface area contributed by atoms with Gasteiger partial charge in [-0.15, -0.1) is 0 Å². The molecule has 7 heteroatoms. The molecule has 0 saturated carbocycles. The number of amides is 1. The molecule has 0 radical (unpaired) electrons. The molecule has 148 valence electrons. The van der Waals surface area contributed by atoms with Gasteiger partial charge in [-0.1, -0.05) is 20.1 Å². The molecule has 1 atom stereocenters. The Balaban J connectivity index is 0. The first-order chi connectivity index (χ1) is 13.4. The summed E-state index contributed by atoms with van der Waals surface area (Å²) in [4.78, 5) is 21.9. The number of nitrogens with one attached hydrogen (secondary N) is 1. The van der Waals surface area contributed by atoms with Gasteiger partial charge in [0.1, 0.15) is 6.11 Å². The van der Waals surface area contributed by atoms with E-state index < -0.39 is 7.82 Å². The van der Waals surface area contributed by atoms with E-state index in [-0.39, 0.29) is 26.5 Å². The third-order valence-corrected chi connectivity index (χ3v) is 3.05. The minimum atomic E-state index is -4.58. The van der Waals surface area contributed by atoms with Crippen molar-refractivity contribution in [2.24, 2.45) is 0 Å². The normalized spacial score (nSPS) is 9.07. The molecule has 0 saturated heterocycles. The van der Waals surface area contributed by atoms with Gasteiger partial charge in [-0.2, -0.15) is 0 Å². The average molecular weight is 408 g/mol. The third kappa shape index (κ3) is 18.9. The van der Waals surface area contributed by atoms with Crippen LogP contribution in [0.15, 0.2) is 52.3 Å². The largest absolute Gasteiger partial charge is 0.746 e. The molecule has 1 amide bonds. The fraction of sp³-hybridized carbons (Fsp3) is 0.273. The van der Waals surface area contributed by atoms with Crippen LogP contribution in [0.5, 0.6) is 0 Å². The van der Waals surface area contributed by atoms with Crippen molar-refractivity contribution < 1.29 is 23.3 Å². The second kappa shape index (κ2) is 17.7. The number of phosphoric ester groups is 1. The summed E-state index contributed by atoms with van der Waals surface area (Å²) in [7, 11) is -4.58. The van der Waals surface area contributed by atoms with Crippen molar-refractivity contribution in [1.82, 2.24) is 5.32 Å². The van der Waals surface area contributed by atoms with Crippen LogP contribution in [0.25, 0.3) is 0 Å². The van der Waals surface area contributed by atoms with Crippen LogP contribution in [0, 0.1) is 35.7 Å². The molecular weight excluding hydrogens is 389 g/mol. The van der Waals surface area contributed by atoms with Crippen molar-refractivity contribution in [2.75, 3.05) is 13.2 Å². The highest BCUT2D eigenvalue weighted by atomic mass is 31.2. The van der Waals surface area contributed by atoms with E-state index in [2.05, 4.69) is 90.7 Å². The summed E-state index contributed by atoms with van der Waals surface area (Å²) in [5.74, 6) is 11.8. The average Bonchev–Trinajstić information content (AvgIpc) is 2.65. The molecule has 0 spiro atoms. The van der Waals surface area contributed by atoms with Crippen LogP contribution in [-0.4, -0.2) is 19.1 Å². The van der Waals surface area contributed by atoms with Crippen molar-refractivity contribution in [3.63, 3.8) is 0 Å². The molecule has 0 rings (SSSR count). The van der Waals surface area contributed by atoms with Crippen LogP contribution in [0.3, 0.4) is 0 Å². The fourth-order valence-electron chi connectivity index (χ4n) is 1.14. The van der Waals surface area contributed by atoms with E-state index in [0.29, 0.717) is 12.0 Å². The van der Waals surface area contributed by atoms with Crippen LogP contribution in [0.1, 0.15) is 27.7 Å². The van der Waals surface area contributed by atoms with Crippen molar-refractivity contribution in [1.29, 1.82) is 0 Å². The third-order valence-electron chi connectivity index (χ3n) is 2.24. The first kappa shape index (κ1) is 27.5. The summed E-state index contributed by atoms with van der Waals surface area (Å²) in [5, 5.41) is 2.36. The van der Waals surface area contributed by atoms with Gasteiger partial charge in [-0.3, -0.25) is 9.36 Å². The number of hydrogen-bond acceptors (Lipinski definition) is 5. The highest BCUT2D eigenvalue weighted by Gasteiger charge is 2.07. The Morgan fingerprint density at radius 1 is 1.10 bits per heavy atom. The zero-order valence-corrected chi connectivity index (χ0v) is 16.2. The number of hydrogen-bond donors (Lipinski definition) is 1. The van der Waals surface area contributed by atoms with Gasteiger partial charge >= 0.3 is 7.82 Å². The fourth-order valence-corrected chi connectivity index (χ4v) is 1.66. The Bertz CT molecular complexity index is 1090. The van der Waals surface area contributed by atoms with Crippen LogP contribution in [-0.2, 0) is 18.4 Å². The first-order valence-corrected chi connectivity index (χ1v) is 9.16. The first-order valence-electron chi connectivity index (χ1n) is 7.69. The Kier molecular flexibility index (Phi) is 16.8. The van der Waals surface area contributed by atoms with Crippen LogP contribution >= 0.6 is 7.82 Å². The number of phosphoric acid groups is 1. The smallest absolute Gasteiger partial charge is 0.328 e. The summed E-state index contributed by atoms with van der Waals surface area (Å²) in [6.45, 7) is 6.24. The van der Waals surface area contributed by atoms with Gasteiger partial charge in [0.2, 0.25) is 5.91 Å². The molecule has 0 aliphatic rings. The quantitative estimate of drug-likeness (QED) is 0.315. The molecule has 0 aromatic rings. The lowest BCUT2D eigenvalue weighted by atomic mass is 10.2. The summed E-state index contributed by atoms with van der Waals surface area (Å²) < 4.78 is 20.1. The molecule has 0 heterocycles. The molecule has 6 nitrogen and oxygen atoms in total. The predicted octanol–water partition coefficient (Wildman–Crippen LogP) is 2.28. The highest BCUT2D eigenvalue weighted by molar-refractivity contribution is 7.46. The maximum atomic E-state index is 11.3. The van der Waals surface area contributed by atoms with Gasteiger partial charge in [-0.05, 0) is 65.1 Å². The molecule has 0 aromatic carbocycles. The zero-order valence-electron chi connectivity index (χ0n) is 15.3. The van der Waals surface area contributed by atoms with E-state index in [9.17, 15) is 14.3 Å². The van der Waals surface area contributed by atoms with Crippen LogP contribution in [0.2, 0.25) is 0 Å². The van der Waals surface area contributed by atoms with E-state index in [4.69, 9.17) is 0 Å². The molecule has 0 fully saturated rings. The zero-order chi connectivity index (χ0) is 21.1. The summed E-state index contributed by atoms with van der Waals surface area (Å²) in [5.41, 5.74) is 18.3. The lowest BCUT2D eigenvalue weighted by Crippen LogP contribution is -2.24. The van der Waals surface area contributed by atoms with E-state index in [0.717, 1.165) is 0 Å². The Hall–Kier alpha value is -3.70. The highest BCUT2D eigenvalue weighted by Crippen LogP contribution is 2.37. The van der Waals surface area contributed by atoms with E-state index in [1.54, 1.807) is 0 Å². The topological polar surface area (TPSA) is 87.7 Å². The maximum absolute atomic E-state index is 11.3. The van der Waals surface area contributed by atoms with E-state index >= 15 is 0 Å². The molecule has 0 aliphatic heterocycles. The predicted molar refractivity (Wildman–Crippen MR) is 107 cm³/mol. The molecule has 0 aliphatic carbocycles. The Morgan fingerprint density at radius 2 is 1.76 bits per heavy atom. The number of carbonyl (C=O) groups excluding carboxylic acids is 1. The monoisotopic (exact) mass is 408 g/mol. The summed E-state index contributed by atoms with van der Waals surface area (Å²) in [6, 6.07) is 0. The van der Waals surface area contributed by atoms with Gasteiger partial charge in [-0.25, -0.2) is 0 Å². The second-order valence-corrected chi connectivity index (χ2v) is 5.68. The van der Waals surface area contributed by atoms with Crippen molar-refractivity contribution >= 4 is 13.7 Å². The molecule has 1 unspecified atom stereocenters. The van der Waals surface area contributed by atoms with Crippen molar-refractivity contribution in [2.45, 2.75) is 27.7 Å². The summed E-state index contributed by atoms with van der Waals surface area (Å²) >= 11 is 0. The molecular formula is C22H19NO5P-. The Labute approximate surface area is 171 Å². The lowest BCUT2D eigenvalue weighted by molar-refractivity contribution is -0.219. The van der Waals surface area contributed by atoms with Crippen molar-refractivity contribution in [3.8, 4) is 35.7 Å². The lowest BCUT2D eigenvalue weighted by Gasteiger charge is -2.18. The minimum Gasteiger partial charge on any atom is -0.746 e.